The minimum Gasteiger partial charge on any atom is -0.496 e. The maximum Gasteiger partial charge on any atom is 0.259 e. The fraction of sp³-hybridized carbons (Fsp3) is 0.0714. The number of ether oxygens (including phenoxy) is 1. The van der Waals surface area contributed by atoms with Gasteiger partial charge in [-0.05, 0) is 36.4 Å². The zero-order valence-corrected chi connectivity index (χ0v) is 9.81. The molecule has 0 saturated heterocycles. The number of methoxy groups -OCH3 is 1. The molecule has 0 aliphatic heterocycles. The van der Waals surface area contributed by atoms with Crippen LogP contribution in [0.15, 0.2) is 48.5 Å². The van der Waals surface area contributed by atoms with Crippen LogP contribution < -0.4 is 10.1 Å². The van der Waals surface area contributed by atoms with Crippen LogP contribution in [0.4, 0.5) is 10.1 Å². The maximum absolute atomic E-state index is 12.7. The Morgan fingerprint density at radius 2 is 1.78 bits per heavy atom. The molecule has 0 spiro atoms. The molecule has 0 bridgehead atoms. The van der Waals surface area contributed by atoms with E-state index in [-0.39, 0.29) is 11.7 Å². The highest BCUT2D eigenvalue weighted by Crippen LogP contribution is 2.19. The summed E-state index contributed by atoms with van der Waals surface area (Å²) in [6.45, 7) is 0. The van der Waals surface area contributed by atoms with E-state index < -0.39 is 0 Å². The lowest BCUT2D eigenvalue weighted by atomic mass is 10.2. The van der Waals surface area contributed by atoms with E-state index in [0.717, 1.165) is 0 Å². The zero-order valence-electron chi connectivity index (χ0n) is 9.81. The van der Waals surface area contributed by atoms with Gasteiger partial charge in [-0.15, -0.1) is 0 Å². The van der Waals surface area contributed by atoms with E-state index in [1.165, 1.54) is 31.4 Å². The first-order valence-corrected chi connectivity index (χ1v) is 5.40. The lowest BCUT2D eigenvalue weighted by molar-refractivity contribution is 0.102. The summed E-state index contributed by atoms with van der Waals surface area (Å²) < 4.78 is 17.8. The lowest BCUT2D eigenvalue weighted by Crippen LogP contribution is -2.13. The maximum atomic E-state index is 12.7. The van der Waals surface area contributed by atoms with E-state index in [1.54, 1.807) is 24.3 Å². The van der Waals surface area contributed by atoms with Gasteiger partial charge in [-0.25, -0.2) is 4.39 Å². The number of hydrogen-bond donors (Lipinski definition) is 1. The first-order valence-electron chi connectivity index (χ1n) is 5.40. The lowest BCUT2D eigenvalue weighted by Gasteiger charge is -2.08. The van der Waals surface area contributed by atoms with Crippen molar-refractivity contribution >= 4 is 11.6 Å². The van der Waals surface area contributed by atoms with Gasteiger partial charge in [-0.2, -0.15) is 0 Å². The van der Waals surface area contributed by atoms with Crippen molar-refractivity contribution in [1.29, 1.82) is 0 Å². The first-order chi connectivity index (χ1) is 8.70. The van der Waals surface area contributed by atoms with Gasteiger partial charge < -0.3 is 10.1 Å². The number of halogens is 1. The molecule has 92 valence electrons. The smallest absolute Gasteiger partial charge is 0.259 e. The number of nitrogens with one attached hydrogen (secondary N) is 1. The number of carbonyl (C=O) groups is 1. The molecule has 2 aromatic rings. The zero-order chi connectivity index (χ0) is 13.0. The highest BCUT2D eigenvalue weighted by Gasteiger charge is 2.11. The summed E-state index contributed by atoms with van der Waals surface area (Å²) in [4.78, 5) is 12.0. The molecule has 0 atom stereocenters. The number of hydrogen-bond acceptors (Lipinski definition) is 2. The number of para-hydroxylation sites is 1. The highest BCUT2D eigenvalue weighted by atomic mass is 19.1. The van der Waals surface area contributed by atoms with Gasteiger partial charge >= 0.3 is 0 Å². The summed E-state index contributed by atoms with van der Waals surface area (Å²) in [6.07, 6.45) is 0. The van der Waals surface area contributed by atoms with Crippen molar-refractivity contribution in [2.24, 2.45) is 0 Å². The van der Waals surface area contributed by atoms with Crippen molar-refractivity contribution in [3.8, 4) is 5.75 Å². The normalized spacial score (nSPS) is 9.89. The van der Waals surface area contributed by atoms with Gasteiger partial charge in [0.2, 0.25) is 0 Å². The van der Waals surface area contributed by atoms with Crippen LogP contribution >= 0.6 is 0 Å². The predicted molar refractivity (Wildman–Crippen MR) is 67.3 cm³/mol. The molecule has 0 aliphatic rings. The SMILES string of the molecule is COc1ccccc1C(=O)Nc1ccc(F)cc1. The molecular weight excluding hydrogens is 233 g/mol. The average molecular weight is 245 g/mol. The van der Waals surface area contributed by atoms with Crippen LogP contribution in [0.2, 0.25) is 0 Å². The van der Waals surface area contributed by atoms with E-state index in [0.29, 0.717) is 17.0 Å². The quantitative estimate of drug-likeness (QED) is 0.902. The summed E-state index contributed by atoms with van der Waals surface area (Å²) in [5.41, 5.74) is 0.969. The van der Waals surface area contributed by atoms with Gasteiger partial charge in [0, 0.05) is 5.69 Å². The van der Waals surface area contributed by atoms with Crippen molar-refractivity contribution in [2.75, 3.05) is 12.4 Å². The Bertz CT molecular complexity index is 552. The van der Waals surface area contributed by atoms with Crippen LogP contribution in [-0.2, 0) is 0 Å². The topological polar surface area (TPSA) is 38.3 Å². The molecule has 0 aliphatic carbocycles. The van der Waals surface area contributed by atoms with Crippen LogP contribution in [0.1, 0.15) is 10.4 Å². The number of amides is 1. The van der Waals surface area contributed by atoms with Crippen LogP contribution in [-0.4, -0.2) is 13.0 Å². The van der Waals surface area contributed by atoms with E-state index in [4.69, 9.17) is 4.74 Å². The third-order valence-corrected chi connectivity index (χ3v) is 2.45. The van der Waals surface area contributed by atoms with E-state index >= 15 is 0 Å². The fourth-order valence-corrected chi connectivity index (χ4v) is 1.56. The largest absolute Gasteiger partial charge is 0.496 e. The Balaban J connectivity index is 2.19. The van der Waals surface area contributed by atoms with Gasteiger partial charge in [0.25, 0.3) is 5.91 Å². The molecule has 18 heavy (non-hydrogen) atoms. The number of anilines is 1. The number of rotatable bonds is 3. The molecule has 0 aromatic heterocycles. The molecule has 0 fully saturated rings. The number of carbonyl (C=O) groups excluding carboxylic acids is 1. The average Bonchev–Trinajstić information content (AvgIpc) is 2.41. The van der Waals surface area contributed by atoms with Crippen LogP contribution in [0.3, 0.4) is 0 Å². The van der Waals surface area contributed by atoms with Gasteiger partial charge in [-0.3, -0.25) is 4.79 Å². The molecule has 0 saturated carbocycles. The molecule has 2 rings (SSSR count). The first kappa shape index (κ1) is 12.1. The van der Waals surface area contributed by atoms with Crippen molar-refractivity contribution in [3.05, 3.63) is 59.9 Å². The third-order valence-electron chi connectivity index (χ3n) is 2.45. The van der Waals surface area contributed by atoms with Crippen molar-refractivity contribution in [1.82, 2.24) is 0 Å². The number of benzene rings is 2. The Labute approximate surface area is 104 Å². The Kier molecular flexibility index (Phi) is 3.57. The second kappa shape index (κ2) is 5.31. The van der Waals surface area contributed by atoms with E-state index in [2.05, 4.69) is 5.32 Å². The fourth-order valence-electron chi connectivity index (χ4n) is 1.56. The summed E-state index contributed by atoms with van der Waals surface area (Å²) in [5.74, 6) is -0.138. The third kappa shape index (κ3) is 2.66. The summed E-state index contributed by atoms with van der Waals surface area (Å²) in [5, 5.41) is 2.67. The van der Waals surface area contributed by atoms with Crippen molar-refractivity contribution in [2.45, 2.75) is 0 Å². The van der Waals surface area contributed by atoms with Crippen molar-refractivity contribution in [3.63, 3.8) is 0 Å². The monoisotopic (exact) mass is 245 g/mol. The predicted octanol–water partition coefficient (Wildman–Crippen LogP) is 3.09. The minimum atomic E-state index is -0.342. The summed E-state index contributed by atoms with van der Waals surface area (Å²) in [7, 11) is 1.50. The van der Waals surface area contributed by atoms with Gasteiger partial charge in [0.1, 0.15) is 11.6 Å². The molecule has 3 nitrogen and oxygen atoms in total. The van der Waals surface area contributed by atoms with Crippen LogP contribution in [0.25, 0.3) is 0 Å². The standard InChI is InChI=1S/C14H12FNO2/c1-18-13-5-3-2-4-12(13)14(17)16-11-8-6-10(15)7-9-11/h2-9H,1H3,(H,16,17). The second-order valence-corrected chi connectivity index (χ2v) is 3.66. The van der Waals surface area contributed by atoms with Gasteiger partial charge in [-0.1, -0.05) is 12.1 Å². The summed E-state index contributed by atoms with van der Waals surface area (Å²) in [6, 6.07) is 12.5. The molecule has 2 aromatic carbocycles. The van der Waals surface area contributed by atoms with Crippen LogP contribution in [0.5, 0.6) is 5.75 Å². The molecular formula is C14H12FNO2. The molecule has 0 unspecified atom stereocenters. The Hall–Kier alpha value is -2.36. The van der Waals surface area contributed by atoms with Gasteiger partial charge in [0.15, 0.2) is 0 Å². The molecule has 1 N–H and O–H groups in total. The highest BCUT2D eigenvalue weighted by molar-refractivity contribution is 6.06. The van der Waals surface area contributed by atoms with Gasteiger partial charge in [0.05, 0.1) is 12.7 Å². The molecule has 1 amide bonds. The Morgan fingerprint density at radius 3 is 2.44 bits per heavy atom. The van der Waals surface area contributed by atoms with Crippen molar-refractivity contribution < 1.29 is 13.9 Å². The summed E-state index contributed by atoms with van der Waals surface area (Å²) >= 11 is 0. The Morgan fingerprint density at radius 1 is 1.11 bits per heavy atom. The van der Waals surface area contributed by atoms with Crippen LogP contribution in [0, 0.1) is 5.82 Å². The molecule has 4 heteroatoms. The molecule has 0 radical (unpaired) electrons. The van der Waals surface area contributed by atoms with E-state index in [1.807, 2.05) is 0 Å². The van der Waals surface area contributed by atoms with E-state index in [9.17, 15) is 9.18 Å². The molecule has 0 heterocycles. The second-order valence-electron chi connectivity index (χ2n) is 3.66. The minimum absolute atomic E-state index is 0.293.